The van der Waals surface area contributed by atoms with Crippen molar-refractivity contribution < 1.29 is 9.52 Å². The van der Waals surface area contributed by atoms with E-state index in [1.165, 1.54) is 0 Å². The highest BCUT2D eigenvalue weighted by molar-refractivity contribution is 5.84. The zero-order chi connectivity index (χ0) is 17.1. The zero-order valence-corrected chi connectivity index (χ0v) is 14.0. The molecule has 0 saturated carbocycles. The third-order valence-electron chi connectivity index (χ3n) is 4.30. The van der Waals surface area contributed by atoms with Crippen LogP contribution in [0.4, 0.5) is 5.69 Å². The van der Waals surface area contributed by atoms with Crippen LogP contribution in [0.15, 0.2) is 57.7 Å². The SMILES string of the molecule is CCN(CC)c1ccc2cc(-c3ccc(CO)cc3)c(=O)oc2c1. The smallest absolute Gasteiger partial charge is 0.344 e. The predicted octanol–water partition coefficient (Wildman–Crippen LogP) is 3.80. The maximum absolute atomic E-state index is 12.4. The van der Waals surface area contributed by atoms with E-state index >= 15 is 0 Å². The molecule has 1 N–H and O–H groups in total. The molecular formula is C20H21NO3. The van der Waals surface area contributed by atoms with E-state index < -0.39 is 0 Å². The lowest BCUT2D eigenvalue weighted by Gasteiger charge is -2.21. The van der Waals surface area contributed by atoms with Crippen molar-refractivity contribution >= 4 is 16.7 Å². The largest absolute Gasteiger partial charge is 0.422 e. The molecule has 3 aromatic rings. The lowest BCUT2D eigenvalue weighted by Crippen LogP contribution is -2.21. The van der Waals surface area contributed by atoms with Gasteiger partial charge in [-0.1, -0.05) is 24.3 Å². The standard InChI is InChI=1S/C20H21NO3/c1-3-21(4-2)17-10-9-16-11-18(20(23)24-19(16)12-17)15-7-5-14(13-22)6-8-15/h5-12,22H,3-4,13H2,1-2H3. The number of nitrogens with zero attached hydrogens (tertiary/aromatic N) is 1. The maximum Gasteiger partial charge on any atom is 0.344 e. The van der Waals surface area contributed by atoms with Crippen LogP contribution < -0.4 is 10.5 Å². The van der Waals surface area contributed by atoms with Gasteiger partial charge in [-0.15, -0.1) is 0 Å². The van der Waals surface area contributed by atoms with Crippen molar-refractivity contribution in [1.29, 1.82) is 0 Å². The van der Waals surface area contributed by atoms with Crippen LogP contribution in [0, 0.1) is 0 Å². The first-order valence-corrected chi connectivity index (χ1v) is 8.19. The molecule has 3 rings (SSSR count). The number of rotatable bonds is 5. The molecule has 1 heterocycles. The van der Waals surface area contributed by atoms with Crippen LogP contribution in [0.1, 0.15) is 19.4 Å². The summed E-state index contributed by atoms with van der Waals surface area (Å²) in [5.41, 5.74) is 3.43. The lowest BCUT2D eigenvalue weighted by atomic mass is 10.0. The summed E-state index contributed by atoms with van der Waals surface area (Å²) in [4.78, 5) is 14.6. The number of anilines is 1. The molecule has 0 amide bonds. The topological polar surface area (TPSA) is 53.7 Å². The van der Waals surface area contributed by atoms with Crippen molar-refractivity contribution in [1.82, 2.24) is 0 Å². The Hall–Kier alpha value is -2.59. The van der Waals surface area contributed by atoms with Crippen LogP contribution in [0.25, 0.3) is 22.1 Å². The minimum atomic E-state index is -0.351. The van der Waals surface area contributed by atoms with Gasteiger partial charge in [-0.25, -0.2) is 4.79 Å². The van der Waals surface area contributed by atoms with E-state index in [1.54, 1.807) is 0 Å². The summed E-state index contributed by atoms with van der Waals surface area (Å²) in [6.07, 6.45) is 0. The lowest BCUT2D eigenvalue weighted by molar-refractivity contribution is 0.282. The first-order chi connectivity index (χ1) is 11.7. The van der Waals surface area contributed by atoms with Gasteiger partial charge in [0.1, 0.15) is 5.58 Å². The van der Waals surface area contributed by atoms with Crippen molar-refractivity contribution in [2.24, 2.45) is 0 Å². The molecule has 4 heteroatoms. The Morgan fingerprint density at radius 2 is 1.71 bits per heavy atom. The number of aliphatic hydroxyl groups is 1. The molecule has 24 heavy (non-hydrogen) atoms. The highest BCUT2D eigenvalue weighted by atomic mass is 16.4. The van der Waals surface area contributed by atoms with E-state index in [2.05, 4.69) is 18.7 Å². The van der Waals surface area contributed by atoms with Crippen LogP contribution in [-0.4, -0.2) is 18.2 Å². The minimum Gasteiger partial charge on any atom is -0.422 e. The first-order valence-electron chi connectivity index (χ1n) is 8.19. The molecule has 1 aromatic heterocycles. The van der Waals surface area contributed by atoms with Crippen LogP contribution >= 0.6 is 0 Å². The Kier molecular flexibility index (Phi) is 4.67. The van der Waals surface area contributed by atoms with Gasteiger partial charge >= 0.3 is 5.63 Å². The molecule has 0 aliphatic carbocycles. The van der Waals surface area contributed by atoms with Gasteiger partial charge in [0.2, 0.25) is 0 Å². The molecule has 0 fully saturated rings. The van der Waals surface area contributed by atoms with Crippen LogP contribution in [-0.2, 0) is 6.61 Å². The number of benzene rings is 2. The molecule has 124 valence electrons. The van der Waals surface area contributed by atoms with E-state index in [1.807, 2.05) is 48.5 Å². The van der Waals surface area contributed by atoms with Crippen molar-refractivity contribution in [2.75, 3.05) is 18.0 Å². The molecule has 0 spiro atoms. The number of hydrogen-bond acceptors (Lipinski definition) is 4. The van der Waals surface area contributed by atoms with Crippen molar-refractivity contribution in [3.8, 4) is 11.1 Å². The summed E-state index contributed by atoms with van der Waals surface area (Å²) in [6.45, 7) is 6.00. The van der Waals surface area contributed by atoms with Gasteiger partial charge in [-0.05, 0) is 43.2 Å². The number of aliphatic hydroxyl groups excluding tert-OH is 1. The second-order valence-electron chi connectivity index (χ2n) is 5.70. The summed E-state index contributed by atoms with van der Waals surface area (Å²) in [5, 5.41) is 10.0. The third kappa shape index (κ3) is 3.05. The normalized spacial score (nSPS) is 11.0. The molecule has 0 bridgehead atoms. The van der Waals surface area contributed by atoms with Gasteiger partial charge in [-0.3, -0.25) is 0 Å². The summed E-state index contributed by atoms with van der Waals surface area (Å²) in [6, 6.07) is 15.1. The summed E-state index contributed by atoms with van der Waals surface area (Å²) < 4.78 is 5.55. The molecule has 0 aliphatic heterocycles. The minimum absolute atomic E-state index is 0.0132. The van der Waals surface area contributed by atoms with Crippen molar-refractivity contribution in [3.63, 3.8) is 0 Å². The van der Waals surface area contributed by atoms with Crippen molar-refractivity contribution in [3.05, 3.63) is 64.5 Å². The summed E-state index contributed by atoms with van der Waals surface area (Å²) >= 11 is 0. The predicted molar refractivity (Wildman–Crippen MR) is 97.4 cm³/mol. The Balaban J connectivity index is 2.07. The molecule has 0 radical (unpaired) electrons. The summed E-state index contributed by atoms with van der Waals surface area (Å²) in [5.74, 6) is 0. The fraction of sp³-hybridized carbons (Fsp3) is 0.250. The highest BCUT2D eigenvalue weighted by Gasteiger charge is 2.10. The van der Waals surface area contributed by atoms with E-state index in [4.69, 9.17) is 9.52 Å². The fourth-order valence-corrected chi connectivity index (χ4v) is 2.88. The molecule has 0 aliphatic rings. The molecule has 2 aromatic carbocycles. The first kappa shape index (κ1) is 16.3. The van der Waals surface area contributed by atoms with Gasteiger partial charge < -0.3 is 14.4 Å². The van der Waals surface area contributed by atoms with E-state index in [0.717, 1.165) is 35.3 Å². The molecule has 0 atom stereocenters. The van der Waals surface area contributed by atoms with Crippen LogP contribution in [0.5, 0.6) is 0 Å². The quantitative estimate of drug-likeness (QED) is 0.726. The number of hydrogen-bond donors (Lipinski definition) is 1. The molecule has 0 saturated heterocycles. The second-order valence-corrected chi connectivity index (χ2v) is 5.70. The van der Waals surface area contributed by atoms with Gasteiger partial charge in [0.15, 0.2) is 0 Å². The van der Waals surface area contributed by atoms with Crippen LogP contribution in [0.2, 0.25) is 0 Å². The van der Waals surface area contributed by atoms with E-state index in [0.29, 0.717) is 11.1 Å². The van der Waals surface area contributed by atoms with Gasteiger partial charge in [-0.2, -0.15) is 0 Å². The molecule has 0 unspecified atom stereocenters. The molecular weight excluding hydrogens is 302 g/mol. The monoisotopic (exact) mass is 323 g/mol. The van der Waals surface area contributed by atoms with Gasteiger partial charge in [0.05, 0.1) is 12.2 Å². The van der Waals surface area contributed by atoms with Crippen molar-refractivity contribution in [2.45, 2.75) is 20.5 Å². The third-order valence-corrected chi connectivity index (χ3v) is 4.30. The average molecular weight is 323 g/mol. The highest BCUT2D eigenvalue weighted by Crippen LogP contribution is 2.25. The zero-order valence-electron chi connectivity index (χ0n) is 14.0. The Bertz CT molecular complexity index is 893. The average Bonchev–Trinajstić information content (AvgIpc) is 2.62. The van der Waals surface area contributed by atoms with Gasteiger partial charge in [0, 0.05) is 30.2 Å². The fourth-order valence-electron chi connectivity index (χ4n) is 2.88. The Morgan fingerprint density at radius 1 is 1.00 bits per heavy atom. The second kappa shape index (κ2) is 6.89. The number of fused-ring (bicyclic) bond motifs is 1. The summed E-state index contributed by atoms with van der Waals surface area (Å²) in [7, 11) is 0. The Labute approximate surface area is 141 Å². The van der Waals surface area contributed by atoms with E-state index in [-0.39, 0.29) is 12.2 Å². The van der Waals surface area contributed by atoms with Gasteiger partial charge in [0.25, 0.3) is 0 Å². The Morgan fingerprint density at radius 3 is 2.33 bits per heavy atom. The maximum atomic E-state index is 12.4. The molecule has 4 nitrogen and oxygen atoms in total. The van der Waals surface area contributed by atoms with Crippen LogP contribution in [0.3, 0.4) is 0 Å². The van der Waals surface area contributed by atoms with E-state index in [9.17, 15) is 4.79 Å².